The summed E-state index contributed by atoms with van der Waals surface area (Å²) in [5.41, 5.74) is 6.31. The standard InChI is InChI=1S/C21H22F3N5O4/c1-20(2,31)12-9-28(10-12)16-7-8-26-18-17(16)15(11-32-19(25)30)27-29(18)13-3-5-14(6-4-13)33-21(22,23)24/h3-8,12,31H,9-11H2,1-2H3,(H2,25,30). The third kappa shape index (κ3) is 4.80. The number of aliphatic hydroxyl groups is 1. The number of hydrogen-bond acceptors (Lipinski definition) is 7. The van der Waals surface area contributed by atoms with Crippen molar-refractivity contribution in [1.29, 1.82) is 0 Å². The van der Waals surface area contributed by atoms with Crippen LogP contribution in [0.25, 0.3) is 16.7 Å². The number of nitrogens with zero attached hydrogens (tertiary/aromatic N) is 4. The highest BCUT2D eigenvalue weighted by molar-refractivity contribution is 5.93. The summed E-state index contributed by atoms with van der Waals surface area (Å²) in [7, 11) is 0. The molecule has 1 fully saturated rings. The maximum atomic E-state index is 12.5. The number of ether oxygens (including phenoxy) is 2. The predicted octanol–water partition coefficient (Wildman–Crippen LogP) is 3.12. The van der Waals surface area contributed by atoms with E-state index in [1.165, 1.54) is 28.9 Å². The minimum atomic E-state index is -4.80. The van der Waals surface area contributed by atoms with Gasteiger partial charge in [0.2, 0.25) is 0 Å². The molecule has 2 aromatic heterocycles. The molecule has 12 heteroatoms. The Hall–Kier alpha value is -3.54. The van der Waals surface area contributed by atoms with Crippen LogP contribution in [0.2, 0.25) is 0 Å². The van der Waals surface area contributed by atoms with Crippen LogP contribution in [0.15, 0.2) is 36.5 Å². The summed E-state index contributed by atoms with van der Waals surface area (Å²) < 4.78 is 47.7. The highest BCUT2D eigenvalue weighted by Crippen LogP contribution is 2.37. The molecule has 3 aromatic rings. The fourth-order valence-electron chi connectivity index (χ4n) is 3.69. The molecule has 1 aliphatic rings. The molecule has 0 radical (unpaired) electrons. The van der Waals surface area contributed by atoms with Crippen molar-refractivity contribution in [3.63, 3.8) is 0 Å². The molecule has 9 nitrogen and oxygen atoms in total. The number of aromatic nitrogens is 3. The molecular formula is C21H22F3N5O4. The molecule has 0 unspecified atom stereocenters. The lowest BCUT2D eigenvalue weighted by molar-refractivity contribution is -0.274. The number of fused-ring (bicyclic) bond motifs is 1. The SMILES string of the molecule is CC(C)(O)C1CN(c2ccnc3c2c(COC(N)=O)nn3-c2ccc(OC(F)(F)F)cc2)C1. The fourth-order valence-corrected chi connectivity index (χ4v) is 3.69. The summed E-state index contributed by atoms with van der Waals surface area (Å²) in [5.74, 6) is -0.297. The zero-order valence-corrected chi connectivity index (χ0v) is 17.8. The molecule has 0 bridgehead atoms. The van der Waals surface area contributed by atoms with Gasteiger partial charge in [-0.05, 0) is 44.2 Å². The van der Waals surface area contributed by atoms with Crippen molar-refractivity contribution >= 4 is 22.8 Å². The van der Waals surface area contributed by atoms with Crippen molar-refractivity contribution in [3.8, 4) is 11.4 Å². The van der Waals surface area contributed by atoms with E-state index in [9.17, 15) is 23.1 Å². The van der Waals surface area contributed by atoms with Crippen LogP contribution in [-0.2, 0) is 11.3 Å². The van der Waals surface area contributed by atoms with Gasteiger partial charge in [-0.1, -0.05) is 0 Å². The molecule has 3 heterocycles. The first-order valence-electron chi connectivity index (χ1n) is 10.0. The summed E-state index contributed by atoms with van der Waals surface area (Å²) in [6.45, 7) is 4.51. The zero-order chi connectivity index (χ0) is 24.0. The van der Waals surface area contributed by atoms with Gasteiger partial charge in [0.1, 0.15) is 18.1 Å². The summed E-state index contributed by atoms with van der Waals surface area (Å²) in [6.07, 6.45) is -4.18. The zero-order valence-electron chi connectivity index (χ0n) is 17.8. The molecule has 0 aliphatic carbocycles. The van der Waals surface area contributed by atoms with E-state index < -0.39 is 18.1 Å². The van der Waals surface area contributed by atoms with Gasteiger partial charge in [-0.3, -0.25) is 0 Å². The van der Waals surface area contributed by atoms with Crippen LogP contribution in [0, 0.1) is 5.92 Å². The van der Waals surface area contributed by atoms with E-state index in [1.54, 1.807) is 26.1 Å². The molecule has 0 spiro atoms. The van der Waals surface area contributed by atoms with Gasteiger partial charge in [0.25, 0.3) is 0 Å². The van der Waals surface area contributed by atoms with Crippen molar-refractivity contribution in [1.82, 2.24) is 14.8 Å². The van der Waals surface area contributed by atoms with E-state index >= 15 is 0 Å². The minimum absolute atomic E-state index is 0.0715. The maximum absolute atomic E-state index is 12.5. The van der Waals surface area contributed by atoms with E-state index in [-0.39, 0.29) is 18.3 Å². The molecule has 1 aliphatic heterocycles. The van der Waals surface area contributed by atoms with Crippen molar-refractivity contribution in [2.24, 2.45) is 11.7 Å². The van der Waals surface area contributed by atoms with Crippen molar-refractivity contribution in [2.75, 3.05) is 18.0 Å². The number of carbonyl (C=O) groups is 1. The summed E-state index contributed by atoms with van der Waals surface area (Å²) in [6, 6.07) is 6.96. The molecule has 0 atom stereocenters. The highest BCUT2D eigenvalue weighted by atomic mass is 19.4. The van der Waals surface area contributed by atoms with Crippen molar-refractivity contribution in [2.45, 2.75) is 32.4 Å². The second-order valence-corrected chi connectivity index (χ2v) is 8.29. The number of rotatable bonds is 6. The topological polar surface area (TPSA) is 116 Å². The number of primary amides is 1. The Kier molecular flexibility index (Phi) is 5.56. The lowest BCUT2D eigenvalue weighted by atomic mass is 9.84. The van der Waals surface area contributed by atoms with Crippen LogP contribution >= 0.6 is 0 Å². The summed E-state index contributed by atoms with van der Waals surface area (Å²) in [5, 5.41) is 15.4. The van der Waals surface area contributed by atoms with Crippen LogP contribution in [0.5, 0.6) is 5.75 Å². The molecule has 3 N–H and O–H groups in total. The van der Waals surface area contributed by atoms with Crippen LogP contribution in [0.4, 0.5) is 23.7 Å². The van der Waals surface area contributed by atoms with E-state index in [0.29, 0.717) is 35.5 Å². The first kappa shape index (κ1) is 22.6. The molecule has 1 saturated heterocycles. The number of carbonyl (C=O) groups excluding carboxylic acids is 1. The molecule has 1 aromatic carbocycles. The summed E-state index contributed by atoms with van der Waals surface area (Å²) in [4.78, 5) is 17.6. The molecule has 176 valence electrons. The molecule has 33 heavy (non-hydrogen) atoms. The van der Waals surface area contributed by atoms with Gasteiger partial charge in [0.05, 0.1) is 22.4 Å². The van der Waals surface area contributed by atoms with Crippen LogP contribution in [-0.4, -0.2) is 51.0 Å². The number of pyridine rings is 1. The maximum Gasteiger partial charge on any atom is 0.573 e. The van der Waals surface area contributed by atoms with Crippen LogP contribution < -0.4 is 15.4 Å². The van der Waals surface area contributed by atoms with Gasteiger partial charge in [0.15, 0.2) is 5.65 Å². The molecule has 0 saturated carbocycles. The van der Waals surface area contributed by atoms with Crippen LogP contribution in [0.3, 0.4) is 0 Å². The van der Waals surface area contributed by atoms with Gasteiger partial charge in [-0.25, -0.2) is 14.5 Å². The fraction of sp³-hybridized carbons (Fsp3) is 0.381. The van der Waals surface area contributed by atoms with Crippen LogP contribution in [0.1, 0.15) is 19.5 Å². The average Bonchev–Trinajstić information content (AvgIpc) is 3.03. The van der Waals surface area contributed by atoms with Gasteiger partial charge >= 0.3 is 12.5 Å². The predicted molar refractivity (Wildman–Crippen MR) is 112 cm³/mol. The number of benzene rings is 1. The minimum Gasteiger partial charge on any atom is -0.443 e. The third-order valence-electron chi connectivity index (χ3n) is 5.51. The van der Waals surface area contributed by atoms with Gasteiger partial charge < -0.3 is 25.2 Å². The molecule has 4 rings (SSSR count). The Bertz CT molecular complexity index is 1170. The average molecular weight is 465 g/mol. The number of hydrogen-bond donors (Lipinski definition) is 2. The first-order valence-corrected chi connectivity index (χ1v) is 10.0. The van der Waals surface area contributed by atoms with E-state index in [2.05, 4.69) is 14.8 Å². The number of amides is 1. The van der Waals surface area contributed by atoms with Gasteiger partial charge in [-0.2, -0.15) is 5.10 Å². The smallest absolute Gasteiger partial charge is 0.443 e. The second-order valence-electron chi connectivity index (χ2n) is 8.29. The summed E-state index contributed by atoms with van der Waals surface area (Å²) >= 11 is 0. The van der Waals surface area contributed by atoms with Gasteiger partial charge in [-0.15, -0.1) is 13.2 Å². The van der Waals surface area contributed by atoms with E-state index in [1.807, 2.05) is 4.90 Å². The molecule has 1 amide bonds. The Labute approximate surface area is 186 Å². The second kappa shape index (κ2) is 8.10. The van der Waals surface area contributed by atoms with E-state index in [4.69, 9.17) is 10.5 Å². The number of anilines is 1. The monoisotopic (exact) mass is 465 g/mol. The quantitative estimate of drug-likeness (QED) is 0.575. The number of alkyl halides is 3. The Morgan fingerprint density at radius 1 is 1.21 bits per heavy atom. The number of halogens is 3. The number of nitrogens with two attached hydrogens (primary N) is 1. The normalized spacial score (nSPS) is 14.9. The third-order valence-corrected chi connectivity index (χ3v) is 5.51. The van der Waals surface area contributed by atoms with Crippen molar-refractivity contribution < 1.29 is 32.5 Å². The lowest BCUT2D eigenvalue weighted by Crippen LogP contribution is -2.55. The first-order chi connectivity index (χ1) is 15.4. The Morgan fingerprint density at radius 2 is 1.88 bits per heavy atom. The molecular weight excluding hydrogens is 443 g/mol. The Morgan fingerprint density at radius 3 is 2.45 bits per heavy atom. The van der Waals surface area contributed by atoms with Gasteiger partial charge in [0, 0.05) is 25.2 Å². The Balaban J connectivity index is 1.73. The van der Waals surface area contributed by atoms with E-state index in [0.717, 1.165) is 5.69 Å². The van der Waals surface area contributed by atoms with Crippen molar-refractivity contribution in [3.05, 3.63) is 42.2 Å². The lowest BCUT2D eigenvalue weighted by Gasteiger charge is -2.46. The highest BCUT2D eigenvalue weighted by Gasteiger charge is 2.38. The largest absolute Gasteiger partial charge is 0.573 e.